The summed E-state index contributed by atoms with van der Waals surface area (Å²) >= 11 is 3.34. The van der Waals surface area contributed by atoms with Crippen LogP contribution in [-0.4, -0.2) is 19.5 Å². The molecule has 2 aromatic heterocycles. The number of hydrogen-bond acceptors (Lipinski definition) is 3. The highest BCUT2D eigenvalue weighted by molar-refractivity contribution is 9.10. The van der Waals surface area contributed by atoms with Gasteiger partial charge in [0.05, 0.1) is 0 Å². The standard InChI is InChI=1S/C9H9BrN4/c1-6-12-8(10)5-9(13-6)14-4-3-11-7(14)2/h3-5H,1-2H3. The van der Waals surface area contributed by atoms with E-state index in [0.29, 0.717) is 0 Å². The Morgan fingerprint density at radius 2 is 2.07 bits per heavy atom. The van der Waals surface area contributed by atoms with E-state index in [4.69, 9.17) is 0 Å². The lowest BCUT2D eigenvalue weighted by Gasteiger charge is -2.04. The third-order valence-electron chi connectivity index (χ3n) is 1.87. The van der Waals surface area contributed by atoms with Gasteiger partial charge in [0, 0.05) is 18.5 Å². The normalized spacial score (nSPS) is 10.5. The van der Waals surface area contributed by atoms with Crippen LogP contribution in [-0.2, 0) is 0 Å². The third-order valence-corrected chi connectivity index (χ3v) is 2.27. The number of hydrogen-bond donors (Lipinski definition) is 0. The van der Waals surface area contributed by atoms with Gasteiger partial charge in [0.2, 0.25) is 0 Å². The molecular formula is C9H9BrN4. The van der Waals surface area contributed by atoms with Crippen LogP contribution in [0.1, 0.15) is 11.6 Å². The van der Waals surface area contributed by atoms with E-state index >= 15 is 0 Å². The van der Waals surface area contributed by atoms with Gasteiger partial charge in [-0.2, -0.15) is 0 Å². The summed E-state index contributed by atoms with van der Waals surface area (Å²) in [5.74, 6) is 2.48. The maximum absolute atomic E-state index is 4.32. The lowest BCUT2D eigenvalue weighted by Crippen LogP contribution is -2.01. The molecule has 0 fully saturated rings. The summed E-state index contributed by atoms with van der Waals surface area (Å²) in [6.07, 6.45) is 3.63. The van der Waals surface area contributed by atoms with E-state index in [1.807, 2.05) is 30.7 Å². The average molecular weight is 253 g/mol. The molecule has 0 aliphatic carbocycles. The zero-order valence-electron chi connectivity index (χ0n) is 7.90. The molecule has 2 heterocycles. The van der Waals surface area contributed by atoms with Gasteiger partial charge in [-0.1, -0.05) is 0 Å². The van der Waals surface area contributed by atoms with Crippen molar-refractivity contribution in [3.8, 4) is 5.82 Å². The van der Waals surface area contributed by atoms with Crippen molar-refractivity contribution in [1.82, 2.24) is 19.5 Å². The van der Waals surface area contributed by atoms with Crippen LogP contribution in [0.4, 0.5) is 0 Å². The van der Waals surface area contributed by atoms with Crippen molar-refractivity contribution in [2.75, 3.05) is 0 Å². The van der Waals surface area contributed by atoms with Crippen molar-refractivity contribution in [1.29, 1.82) is 0 Å². The average Bonchev–Trinajstić information content (AvgIpc) is 2.49. The van der Waals surface area contributed by atoms with Crippen LogP contribution >= 0.6 is 15.9 Å². The minimum Gasteiger partial charge on any atom is -0.288 e. The van der Waals surface area contributed by atoms with E-state index < -0.39 is 0 Å². The minimum absolute atomic E-state index is 0.738. The molecule has 2 aromatic rings. The number of aryl methyl sites for hydroxylation is 2. The highest BCUT2D eigenvalue weighted by Gasteiger charge is 2.03. The summed E-state index contributed by atoms with van der Waals surface area (Å²) in [5, 5.41) is 0. The molecule has 0 radical (unpaired) electrons. The third kappa shape index (κ3) is 1.68. The van der Waals surface area contributed by atoms with Crippen LogP contribution in [0.3, 0.4) is 0 Å². The molecule has 72 valence electrons. The topological polar surface area (TPSA) is 43.6 Å². The molecule has 0 N–H and O–H groups in total. The zero-order chi connectivity index (χ0) is 10.1. The Morgan fingerprint density at radius 1 is 1.29 bits per heavy atom. The van der Waals surface area contributed by atoms with E-state index in [0.717, 1.165) is 22.1 Å². The predicted octanol–water partition coefficient (Wildman–Crippen LogP) is 2.04. The van der Waals surface area contributed by atoms with Crippen molar-refractivity contribution < 1.29 is 0 Å². The van der Waals surface area contributed by atoms with E-state index in [-0.39, 0.29) is 0 Å². The van der Waals surface area contributed by atoms with Gasteiger partial charge in [0.1, 0.15) is 22.1 Å². The fourth-order valence-electron chi connectivity index (χ4n) is 1.26. The molecule has 2 rings (SSSR count). The van der Waals surface area contributed by atoms with Gasteiger partial charge in [0.25, 0.3) is 0 Å². The Hall–Kier alpha value is -1.23. The summed E-state index contributed by atoms with van der Waals surface area (Å²) < 4.78 is 2.70. The fourth-order valence-corrected chi connectivity index (χ4v) is 1.72. The number of imidazole rings is 1. The maximum Gasteiger partial charge on any atom is 0.142 e. The van der Waals surface area contributed by atoms with Crippen molar-refractivity contribution in [2.24, 2.45) is 0 Å². The molecular weight excluding hydrogens is 244 g/mol. The highest BCUT2D eigenvalue weighted by atomic mass is 79.9. The maximum atomic E-state index is 4.32. The first-order valence-corrected chi connectivity index (χ1v) is 4.97. The smallest absolute Gasteiger partial charge is 0.142 e. The quantitative estimate of drug-likeness (QED) is 0.730. The lowest BCUT2D eigenvalue weighted by molar-refractivity contribution is 0.893. The first kappa shape index (κ1) is 9.33. The molecule has 5 heteroatoms. The first-order chi connectivity index (χ1) is 6.66. The summed E-state index contributed by atoms with van der Waals surface area (Å²) in [6, 6.07) is 1.86. The van der Waals surface area contributed by atoms with Crippen LogP contribution < -0.4 is 0 Å². The second-order valence-electron chi connectivity index (χ2n) is 2.94. The molecule has 0 aromatic carbocycles. The first-order valence-electron chi connectivity index (χ1n) is 4.18. The van der Waals surface area contributed by atoms with Crippen molar-refractivity contribution >= 4 is 15.9 Å². The summed E-state index contributed by atoms with van der Waals surface area (Å²) in [7, 11) is 0. The van der Waals surface area contributed by atoms with E-state index in [1.54, 1.807) is 6.20 Å². The second-order valence-corrected chi connectivity index (χ2v) is 3.75. The van der Waals surface area contributed by atoms with Gasteiger partial charge in [-0.3, -0.25) is 4.57 Å². The van der Waals surface area contributed by atoms with Crippen LogP contribution in [0, 0.1) is 13.8 Å². The summed E-state index contributed by atoms with van der Waals surface area (Å²) in [5.41, 5.74) is 0. The largest absolute Gasteiger partial charge is 0.288 e. The molecule has 0 bridgehead atoms. The van der Waals surface area contributed by atoms with Gasteiger partial charge in [-0.25, -0.2) is 15.0 Å². The van der Waals surface area contributed by atoms with Crippen LogP contribution in [0.15, 0.2) is 23.1 Å². The second kappa shape index (κ2) is 3.49. The summed E-state index contributed by atoms with van der Waals surface area (Å²) in [6.45, 7) is 3.80. The Morgan fingerprint density at radius 3 is 2.64 bits per heavy atom. The van der Waals surface area contributed by atoms with Crippen LogP contribution in [0.5, 0.6) is 0 Å². The molecule has 0 aliphatic rings. The number of aromatic nitrogens is 4. The number of halogens is 1. The SMILES string of the molecule is Cc1nc(Br)cc(-n2ccnc2C)n1. The molecule has 0 amide bonds. The van der Waals surface area contributed by atoms with E-state index in [9.17, 15) is 0 Å². The zero-order valence-corrected chi connectivity index (χ0v) is 9.48. The molecule has 0 saturated heterocycles. The molecule has 14 heavy (non-hydrogen) atoms. The van der Waals surface area contributed by atoms with Crippen molar-refractivity contribution in [2.45, 2.75) is 13.8 Å². The monoisotopic (exact) mass is 252 g/mol. The predicted molar refractivity (Wildman–Crippen MR) is 56.3 cm³/mol. The molecule has 0 spiro atoms. The Kier molecular flexibility index (Phi) is 2.33. The molecule has 0 unspecified atom stereocenters. The highest BCUT2D eigenvalue weighted by Crippen LogP contribution is 2.12. The fraction of sp³-hybridized carbons (Fsp3) is 0.222. The summed E-state index contributed by atoms with van der Waals surface area (Å²) in [4.78, 5) is 12.6. The Balaban J connectivity index is 2.57. The van der Waals surface area contributed by atoms with Gasteiger partial charge in [-0.05, 0) is 29.8 Å². The molecule has 0 aliphatic heterocycles. The Labute approximate surface area is 90.2 Å². The molecule has 0 saturated carbocycles. The van der Waals surface area contributed by atoms with Gasteiger partial charge >= 0.3 is 0 Å². The number of rotatable bonds is 1. The van der Waals surface area contributed by atoms with Crippen LogP contribution in [0.2, 0.25) is 0 Å². The van der Waals surface area contributed by atoms with Gasteiger partial charge in [0.15, 0.2) is 0 Å². The van der Waals surface area contributed by atoms with E-state index in [2.05, 4.69) is 30.9 Å². The Bertz CT molecular complexity index is 443. The van der Waals surface area contributed by atoms with E-state index in [1.165, 1.54) is 0 Å². The van der Waals surface area contributed by atoms with Gasteiger partial charge in [-0.15, -0.1) is 0 Å². The van der Waals surface area contributed by atoms with Gasteiger partial charge < -0.3 is 0 Å². The van der Waals surface area contributed by atoms with Crippen molar-refractivity contribution in [3.05, 3.63) is 34.7 Å². The minimum atomic E-state index is 0.738. The van der Waals surface area contributed by atoms with Crippen molar-refractivity contribution in [3.63, 3.8) is 0 Å². The molecule has 0 atom stereocenters. The molecule has 4 nitrogen and oxygen atoms in total. The number of nitrogens with zero attached hydrogens (tertiary/aromatic N) is 4. The lowest BCUT2D eigenvalue weighted by atomic mass is 10.5. The van der Waals surface area contributed by atoms with Crippen LogP contribution in [0.25, 0.3) is 5.82 Å².